The van der Waals surface area contributed by atoms with Gasteiger partial charge in [0.05, 0.1) is 13.2 Å². The van der Waals surface area contributed by atoms with Crippen LogP contribution in [-0.2, 0) is 14.5 Å². The van der Waals surface area contributed by atoms with E-state index in [0.29, 0.717) is 5.92 Å². The van der Waals surface area contributed by atoms with E-state index in [4.69, 9.17) is 19.9 Å². The number of amides is 1. The van der Waals surface area contributed by atoms with Crippen LogP contribution in [0.15, 0.2) is 11.6 Å². The van der Waals surface area contributed by atoms with Gasteiger partial charge in [-0.25, -0.2) is 9.68 Å². The van der Waals surface area contributed by atoms with E-state index in [9.17, 15) is 4.79 Å². The third kappa shape index (κ3) is 16.8. The quantitative estimate of drug-likeness (QED) is 0.222. The number of carbonyl (C=O) groups excluding carboxylic acids is 1. The molecule has 0 radical (unpaired) electrons. The SMILES string of the molecule is CC(=CC(=O)N(OCCO)OCCO)CCCC(C)CCCC(C)CCCC(C)C. The lowest BCUT2D eigenvalue weighted by Crippen LogP contribution is -2.32. The van der Waals surface area contributed by atoms with Crippen LogP contribution < -0.4 is 0 Å². The molecule has 2 N–H and O–H groups in total. The molecule has 2 atom stereocenters. The van der Waals surface area contributed by atoms with Gasteiger partial charge in [0.2, 0.25) is 0 Å². The summed E-state index contributed by atoms with van der Waals surface area (Å²) in [5, 5.41) is 18.4. The van der Waals surface area contributed by atoms with Gasteiger partial charge in [-0.05, 0) is 37.5 Å². The first kappa shape index (κ1) is 29.1. The van der Waals surface area contributed by atoms with Crippen LogP contribution in [0.3, 0.4) is 0 Å². The summed E-state index contributed by atoms with van der Waals surface area (Å²) in [6.45, 7) is 10.7. The summed E-state index contributed by atoms with van der Waals surface area (Å²) in [6.07, 6.45) is 12.5. The van der Waals surface area contributed by atoms with Gasteiger partial charge in [-0.1, -0.05) is 83.4 Å². The lowest BCUT2D eigenvalue weighted by atomic mass is 9.91. The molecule has 0 aromatic heterocycles. The van der Waals surface area contributed by atoms with E-state index in [1.165, 1.54) is 44.6 Å². The number of rotatable bonds is 19. The second-order valence-corrected chi connectivity index (χ2v) is 9.06. The fraction of sp³-hybridized carbons (Fsp3) is 0.875. The van der Waals surface area contributed by atoms with Crippen LogP contribution in [0.4, 0.5) is 0 Å². The van der Waals surface area contributed by atoms with E-state index in [1.807, 2.05) is 6.92 Å². The lowest BCUT2D eigenvalue weighted by Gasteiger charge is -2.18. The van der Waals surface area contributed by atoms with Crippen LogP contribution in [0.1, 0.15) is 92.4 Å². The van der Waals surface area contributed by atoms with Crippen molar-refractivity contribution in [2.75, 3.05) is 26.4 Å². The van der Waals surface area contributed by atoms with Crippen molar-refractivity contribution in [2.24, 2.45) is 17.8 Å². The van der Waals surface area contributed by atoms with E-state index in [-0.39, 0.29) is 26.4 Å². The third-order valence-corrected chi connectivity index (χ3v) is 5.29. The molecule has 0 spiro atoms. The minimum Gasteiger partial charge on any atom is -0.394 e. The second kappa shape index (κ2) is 18.8. The van der Waals surface area contributed by atoms with Crippen molar-refractivity contribution in [2.45, 2.75) is 92.4 Å². The molecule has 30 heavy (non-hydrogen) atoms. The Morgan fingerprint density at radius 3 is 1.77 bits per heavy atom. The topological polar surface area (TPSA) is 79.2 Å². The fourth-order valence-electron chi connectivity index (χ4n) is 3.46. The predicted molar refractivity (Wildman–Crippen MR) is 121 cm³/mol. The van der Waals surface area contributed by atoms with Crippen LogP contribution in [0.2, 0.25) is 0 Å². The van der Waals surface area contributed by atoms with Crippen molar-refractivity contribution in [3.05, 3.63) is 11.6 Å². The highest BCUT2D eigenvalue weighted by Crippen LogP contribution is 2.22. The van der Waals surface area contributed by atoms with Crippen LogP contribution in [-0.4, -0.2) is 47.8 Å². The van der Waals surface area contributed by atoms with Gasteiger partial charge < -0.3 is 10.2 Å². The number of hydroxylamine groups is 2. The second-order valence-electron chi connectivity index (χ2n) is 9.06. The standard InChI is InChI=1S/C24H47NO5/c1-20(2)9-6-10-21(3)11-7-12-22(4)13-8-14-23(5)19-24(28)25(29-17-15-26)30-18-16-27/h19-22,26-27H,6-18H2,1-5H3. The summed E-state index contributed by atoms with van der Waals surface area (Å²) in [6, 6.07) is 0. The monoisotopic (exact) mass is 429 g/mol. The van der Waals surface area contributed by atoms with E-state index >= 15 is 0 Å². The van der Waals surface area contributed by atoms with Gasteiger partial charge in [0.1, 0.15) is 13.2 Å². The molecule has 0 saturated carbocycles. The van der Waals surface area contributed by atoms with Gasteiger partial charge in [-0.15, -0.1) is 0 Å². The Morgan fingerprint density at radius 1 is 0.833 bits per heavy atom. The number of allylic oxidation sites excluding steroid dienone is 1. The molecule has 0 aromatic rings. The molecule has 0 aromatic carbocycles. The average Bonchev–Trinajstić information content (AvgIpc) is 2.67. The molecular weight excluding hydrogens is 382 g/mol. The Balaban J connectivity index is 4.07. The lowest BCUT2D eigenvalue weighted by molar-refractivity contribution is -0.342. The minimum absolute atomic E-state index is 0.0437. The first-order chi connectivity index (χ1) is 14.3. The summed E-state index contributed by atoms with van der Waals surface area (Å²) < 4.78 is 0. The highest BCUT2D eigenvalue weighted by atomic mass is 17.0. The van der Waals surface area contributed by atoms with Crippen molar-refractivity contribution in [3.8, 4) is 0 Å². The van der Waals surface area contributed by atoms with Crippen molar-refractivity contribution < 1.29 is 24.7 Å². The van der Waals surface area contributed by atoms with Crippen molar-refractivity contribution in [3.63, 3.8) is 0 Å². The van der Waals surface area contributed by atoms with E-state index in [2.05, 4.69) is 27.7 Å². The average molecular weight is 430 g/mol. The summed E-state index contributed by atoms with van der Waals surface area (Å²) in [5.74, 6) is 1.91. The molecule has 2 unspecified atom stereocenters. The first-order valence-corrected chi connectivity index (χ1v) is 11.8. The maximum absolute atomic E-state index is 12.2. The molecule has 0 saturated heterocycles. The Bertz CT molecular complexity index is 445. The minimum atomic E-state index is -0.436. The summed E-state index contributed by atoms with van der Waals surface area (Å²) >= 11 is 0. The number of hydrogen-bond acceptors (Lipinski definition) is 5. The molecule has 0 aliphatic rings. The molecule has 0 aliphatic carbocycles. The highest BCUT2D eigenvalue weighted by Gasteiger charge is 2.14. The fourth-order valence-corrected chi connectivity index (χ4v) is 3.46. The van der Waals surface area contributed by atoms with Crippen LogP contribution >= 0.6 is 0 Å². The van der Waals surface area contributed by atoms with Crippen LogP contribution in [0, 0.1) is 17.8 Å². The number of aliphatic hydroxyl groups excluding tert-OH is 2. The number of carbonyl (C=O) groups is 1. The van der Waals surface area contributed by atoms with Gasteiger partial charge in [0.25, 0.3) is 5.91 Å². The van der Waals surface area contributed by atoms with Gasteiger partial charge in [-0.3, -0.25) is 4.79 Å². The largest absolute Gasteiger partial charge is 0.394 e. The van der Waals surface area contributed by atoms with Crippen LogP contribution in [0.5, 0.6) is 0 Å². The van der Waals surface area contributed by atoms with Gasteiger partial charge >= 0.3 is 0 Å². The van der Waals surface area contributed by atoms with Gasteiger partial charge in [0, 0.05) is 6.08 Å². The molecule has 6 heteroatoms. The first-order valence-electron chi connectivity index (χ1n) is 11.8. The zero-order chi connectivity index (χ0) is 22.8. The van der Waals surface area contributed by atoms with E-state index in [0.717, 1.165) is 41.9 Å². The molecule has 1 amide bonds. The molecule has 6 nitrogen and oxygen atoms in total. The van der Waals surface area contributed by atoms with E-state index in [1.54, 1.807) is 0 Å². The maximum Gasteiger partial charge on any atom is 0.296 e. The van der Waals surface area contributed by atoms with Crippen molar-refractivity contribution in [1.29, 1.82) is 0 Å². The molecule has 178 valence electrons. The zero-order valence-corrected chi connectivity index (χ0v) is 20.1. The maximum atomic E-state index is 12.2. The molecule has 0 bridgehead atoms. The molecule has 0 rings (SSSR count). The third-order valence-electron chi connectivity index (χ3n) is 5.29. The Morgan fingerprint density at radius 2 is 1.30 bits per heavy atom. The van der Waals surface area contributed by atoms with Crippen molar-refractivity contribution in [1.82, 2.24) is 5.23 Å². The van der Waals surface area contributed by atoms with Crippen molar-refractivity contribution >= 4 is 5.91 Å². The molecular formula is C24H47NO5. The normalized spacial score (nSPS) is 14.2. The molecule has 0 heterocycles. The summed E-state index contributed by atoms with van der Waals surface area (Å²) in [4.78, 5) is 22.3. The summed E-state index contributed by atoms with van der Waals surface area (Å²) in [5.41, 5.74) is 0.969. The zero-order valence-electron chi connectivity index (χ0n) is 20.1. The Labute approximate surface area is 184 Å². The van der Waals surface area contributed by atoms with Gasteiger partial charge in [-0.2, -0.15) is 0 Å². The predicted octanol–water partition coefficient (Wildman–Crippen LogP) is 5.05. The number of hydrogen-bond donors (Lipinski definition) is 2. The Kier molecular flexibility index (Phi) is 18.2. The number of aliphatic hydroxyl groups is 2. The Hall–Kier alpha value is -0.950. The van der Waals surface area contributed by atoms with E-state index < -0.39 is 5.91 Å². The molecule has 0 fully saturated rings. The van der Waals surface area contributed by atoms with Crippen LogP contribution in [0.25, 0.3) is 0 Å². The number of nitrogens with zero attached hydrogens (tertiary/aromatic N) is 1. The molecule has 0 aliphatic heterocycles. The summed E-state index contributed by atoms with van der Waals surface area (Å²) in [7, 11) is 0. The van der Waals surface area contributed by atoms with Gasteiger partial charge in [0.15, 0.2) is 0 Å². The highest BCUT2D eigenvalue weighted by molar-refractivity contribution is 5.86. The smallest absolute Gasteiger partial charge is 0.296 e.